The maximum Gasteiger partial charge on any atom is 0.255 e. The molecule has 0 fully saturated rings. The van der Waals surface area contributed by atoms with Gasteiger partial charge in [-0.1, -0.05) is 6.07 Å². The van der Waals surface area contributed by atoms with Crippen LogP contribution in [0.25, 0.3) is 22.2 Å². The Hall–Kier alpha value is -4.59. The highest BCUT2D eigenvalue weighted by molar-refractivity contribution is 6.05. The van der Waals surface area contributed by atoms with Crippen LogP contribution in [0.4, 0.5) is 5.69 Å². The fraction of sp³-hybridized carbons (Fsp3) is 0.0417. The largest absolute Gasteiger partial charge is 0.438 e. The monoisotopic (exact) mass is 422 g/mol. The number of pyridine rings is 1. The number of nitrogens with zero attached hydrogens (tertiary/aromatic N) is 4. The third-order valence-electron chi connectivity index (χ3n) is 4.98. The predicted molar refractivity (Wildman–Crippen MR) is 121 cm³/mol. The number of amides is 1. The zero-order chi connectivity index (χ0) is 21.9. The first-order valence-electron chi connectivity index (χ1n) is 9.92. The van der Waals surface area contributed by atoms with Gasteiger partial charge in [0.15, 0.2) is 0 Å². The summed E-state index contributed by atoms with van der Waals surface area (Å²) in [6, 6.07) is 16.4. The smallest absolute Gasteiger partial charge is 0.255 e. The van der Waals surface area contributed by atoms with E-state index in [2.05, 4.69) is 30.5 Å². The number of benzene rings is 2. The lowest BCUT2D eigenvalue weighted by Crippen LogP contribution is -2.12. The van der Waals surface area contributed by atoms with E-state index in [-0.39, 0.29) is 5.91 Å². The molecule has 0 bridgehead atoms. The van der Waals surface area contributed by atoms with Crippen LogP contribution < -0.4 is 10.1 Å². The Morgan fingerprint density at radius 3 is 2.84 bits per heavy atom. The van der Waals surface area contributed by atoms with Crippen molar-refractivity contribution >= 4 is 22.5 Å². The molecule has 0 radical (unpaired) electrons. The van der Waals surface area contributed by atoms with Gasteiger partial charge in [-0.15, -0.1) is 0 Å². The van der Waals surface area contributed by atoms with E-state index in [1.807, 2.05) is 43.3 Å². The van der Waals surface area contributed by atoms with Crippen LogP contribution in [0, 0.1) is 6.92 Å². The molecule has 0 saturated heterocycles. The second-order valence-electron chi connectivity index (χ2n) is 7.16. The molecule has 8 heteroatoms. The third kappa shape index (κ3) is 3.89. The number of anilines is 1. The molecule has 1 amide bonds. The summed E-state index contributed by atoms with van der Waals surface area (Å²) in [5.74, 6) is 0.698. The van der Waals surface area contributed by atoms with E-state index in [1.165, 1.54) is 6.33 Å². The highest BCUT2D eigenvalue weighted by Crippen LogP contribution is 2.32. The molecule has 0 aliphatic carbocycles. The van der Waals surface area contributed by atoms with Crippen molar-refractivity contribution in [2.24, 2.45) is 0 Å². The van der Waals surface area contributed by atoms with Crippen molar-refractivity contribution in [3.8, 4) is 22.9 Å². The number of ether oxygens (including phenoxy) is 1. The van der Waals surface area contributed by atoms with Gasteiger partial charge in [-0.2, -0.15) is 5.10 Å². The van der Waals surface area contributed by atoms with Gasteiger partial charge in [-0.05, 0) is 61.0 Å². The van der Waals surface area contributed by atoms with Gasteiger partial charge in [0.25, 0.3) is 5.91 Å². The number of fused-ring (bicyclic) bond motifs is 1. The van der Waals surface area contributed by atoms with Crippen LogP contribution in [-0.2, 0) is 0 Å². The first kappa shape index (κ1) is 19.4. The van der Waals surface area contributed by atoms with E-state index < -0.39 is 0 Å². The number of carbonyl (C=O) groups excluding carboxylic acids is 1. The maximum atomic E-state index is 12.9. The van der Waals surface area contributed by atoms with Crippen LogP contribution >= 0.6 is 0 Å². The lowest BCUT2D eigenvalue weighted by Gasteiger charge is -2.13. The van der Waals surface area contributed by atoms with E-state index >= 15 is 0 Å². The first-order valence-corrected chi connectivity index (χ1v) is 9.92. The summed E-state index contributed by atoms with van der Waals surface area (Å²) in [6.07, 6.45) is 6.50. The Labute approximate surface area is 183 Å². The summed E-state index contributed by atoms with van der Waals surface area (Å²) in [7, 11) is 0. The van der Waals surface area contributed by atoms with E-state index in [4.69, 9.17) is 4.74 Å². The summed E-state index contributed by atoms with van der Waals surface area (Å²) in [6.45, 7) is 1.91. The Kier molecular flexibility index (Phi) is 5.01. The van der Waals surface area contributed by atoms with Crippen LogP contribution in [0.5, 0.6) is 11.6 Å². The zero-order valence-electron chi connectivity index (χ0n) is 17.1. The average Bonchev–Trinajstić information content (AvgIpc) is 3.29. The van der Waals surface area contributed by atoms with Crippen molar-refractivity contribution in [2.75, 3.05) is 5.32 Å². The second kappa shape index (κ2) is 8.27. The zero-order valence-corrected chi connectivity index (χ0v) is 17.1. The minimum Gasteiger partial charge on any atom is -0.438 e. The van der Waals surface area contributed by atoms with Crippen molar-refractivity contribution in [3.05, 3.63) is 90.6 Å². The fourth-order valence-electron chi connectivity index (χ4n) is 3.30. The molecule has 0 saturated carbocycles. The van der Waals surface area contributed by atoms with E-state index in [9.17, 15) is 4.79 Å². The first-order chi connectivity index (χ1) is 15.7. The van der Waals surface area contributed by atoms with Crippen LogP contribution in [0.1, 0.15) is 15.9 Å². The highest BCUT2D eigenvalue weighted by Gasteiger charge is 2.14. The Morgan fingerprint density at radius 1 is 1.03 bits per heavy atom. The lowest BCUT2D eigenvalue weighted by atomic mass is 10.1. The maximum absolute atomic E-state index is 12.9. The number of aryl methyl sites for hydroxylation is 1. The topological polar surface area (TPSA) is 106 Å². The van der Waals surface area contributed by atoms with Crippen molar-refractivity contribution in [3.63, 3.8) is 0 Å². The predicted octanol–water partition coefficient (Wildman–Crippen LogP) is 4.77. The number of nitrogens with one attached hydrogen (secondary N) is 2. The van der Waals surface area contributed by atoms with Gasteiger partial charge in [0.05, 0.1) is 23.0 Å². The molecule has 2 N–H and O–H groups in total. The minimum absolute atomic E-state index is 0.241. The van der Waals surface area contributed by atoms with Gasteiger partial charge in [0.1, 0.15) is 12.1 Å². The number of hydrogen-bond donors (Lipinski definition) is 2. The molecular weight excluding hydrogens is 404 g/mol. The number of carbonyl (C=O) groups is 1. The van der Waals surface area contributed by atoms with Gasteiger partial charge >= 0.3 is 0 Å². The summed E-state index contributed by atoms with van der Waals surface area (Å²) >= 11 is 0. The van der Waals surface area contributed by atoms with Crippen LogP contribution in [0.15, 0.2) is 79.5 Å². The van der Waals surface area contributed by atoms with Crippen molar-refractivity contribution in [2.45, 2.75) is 6.92 Å². The molecule has 0 spiro atoms. The van der Waals surface area contributed by atoms with Gasteiger partial charge in [-0.3, -0.25) is 9.89 Å². The molecule has 32 heavy (non-hydrogen) atoms. The number of H-pyrrole nitrogens is 1. The Bertz CT molecular complexity index is 1410. The molecule has 5 aromatic rings. The van der Waals surface area contributed by atoms with Crippen molar-refractivity contribution in [1.82, 2.24) is 25.1 Å². The van der Waals surface area contributed by atoms with E-state index in [1.54, 1.807) is 36.8 Å². The number of hydrogen-bond acceptors (Lipinski definition) is 6. The van der Waals surface area contributed by atoms with E-state index in [0.717, 1.165) is 22.0 Å². The molecule has 5 rings (SSSR count). The SMILES string of the molecule is Cc1ccc(C(=O)Nc2ccc3[nH]ncc3c2)cc1Oc1ncccc1-c1ccncn1. The third-order valence-corrected chi connectivity index (χ3v) is 4.98. The molecule has 0 aliphatic rings. The summed E-state index contributed by atoms with van der Waals surface area (Å²) in [5.41, 5.74) is 4.37. The average molecular weight is 422 g/mol. The minimum atomic E-state index is -0.241. The van der Waals surface area contributed by atoms with E-state index in [0.29, 0.717) is 28.6 Å². The van der Waals surface area contributed by atoms with Gasteiger partial charge in [-0.25, -0.2) is 15.0 Å². The van der Waals surface area contributed by atoms with Gasteiger partial charge < -0.3 is 10.1 Å². The summed E-state index contributed by atoms with van der Waals surface area (Å²) in [5, 5.41) is 10.7. The lowest BCUT2D eigenvalue weighted by molar-refractivity contribution is 0.102. The fourth-order valence-corrected chi connectivity index (χ4v) is 3.30. The Balaban J connectivity index is 1.41. The second-order valence-corrected chi connectivity index (χ2v) is 7.16. The molecule has 3 aromatic heterocycles. The van der Waals surface area contributed by atoms with Gasteiger partial charge in [0.2, 0.25) is 5.88 Å². The molecule has 8 nitrogen and oxygen atoms in total. The number of aromatic amines is 1. The molecule has 0 aliphatic heterocycles. The normalized spacial score (nSPS) is 10.8. The van der Waals surface area contributed by atoms with Crippen LogP contribution in [0.3, 0.4) is 0 Å². The molecule has 156 valence electrons. The van der Waals surface area contributed by atoms with Crippen molar-refractivity contribution < 1.29 is 9.53 Å². The molecule has 3 heterocycles. The summed E-state index contributed by atoms with van der Waals surface area (Å²) in [4.78, 5) is 25.5. The molecule has 2 aromatic carbocycles. The van der Waals surface area contributed by atoms with Crippen LogP contribution in [0.2, 0.25) is 0 Å². The quantitative estimate of drug-likeness (QED) is 0.423. The van der Waals surface area contributed by atoms with Gasteiger partial charge in [0, 0.05) is 29.0 Å². The number of rotatable bonds is 5. The highest BCUT2D eigenvalue weighted by atomic mass is 16.5. The number of aromatic nitrogens is 5. The Morgan fingerprint density at radius 2 is 1.97 bits per heavy atom. The van der Waals surface area contributed by atoms with Crippen LogP contribution in [-0.4, -0.2) is 31.1 Å². The summed E-state index contributed by atoms with van der Waals surface area (Å²) < 4.78 is 6.12. The molecule has 0 atom stereocenters. The standard InChI is InChI=1S/C24H18N6O2/c1-15-4-5-16(23(31)29-18-6-7-20-17(11-18)13-28-30-20)12-22(15)32-24-19(3-2-9-26-24)21-8-10-25-14-27-21/h2-14H,1H3,(H,28,30)(H,29,31). The van der Waals surface area contributed by atoms with Crippen molar-refractivity contribution in [1.29, 1.82) is 0 Å². The molecular formula is C24H18N6O2. The molecule has 0 unspecified atom stereocenters.